The van der Waals surface area contributed by atoms with Crippen molar-refractivity contribution >= 4 is 17.6 Å². The Morgan fingerprint density at radius 3 is 2.62 bits per heavy atom. The molecule has 29 heavy (non-hydrogen) atoms. The summed E-state index contributed by atoms with van der Waals surface area (Å²) in [6, 6.07) is 3.39. The van der Waals surface area contributed by atoms with E-state index >= 15 is 0 Å². The van der Waals surface area contributed by atoms with Gasteiger partial charge in [0, 0.05) is 18.5 Å². The van der Waals surface area contributed by atoms with Gasteiger partial charge in [0.1, 0.15) is 5.69 Å². The predicted octanol–water partition coefficient (Wildman–Crippen LogP) is 4.02. The van der Waals surface area contributed by atoms with Gasteiger partial charge in [0.15, 0.2) is 17.3 Å². The molecule has 0 aliphatic heterocycles. The lowest BCUT2D eigenvalue weighted by Gasteiger charge is -2.10. The second-order valence-electron chi connectivity index (χ2n) is 6.55. The monoisotopic (exact) mass is 411 g/mol. The second-order valence-corrected chi connectivity index (χ2v) is 6.55. The molecule has 1 heterocycles. The molecule has 1 aliphatic rings. The Bertz CT molecular complexity index is 914. The van der Waals surface area contributed by atoms with E-state index in [4.69, 9.17) is 4.74 Å². The highest BCUT2D eigenvalue weighted by Gasteiger charge is 2.31. The summed E-state index contributed by atoms with van der Waals surface area (Å²) in [5, 5.41) is 2.55. The van der Waals surface area contributed by atoms with E-state index in [1.54, 1.807) is 0 Å². The highest BCUT2D eigenvalue weighted by atomic mass is 19.4. The van der Waals surface area contributed by atoms with Crippen LogP contribution in [0.1, 0.15) is 41.7 Å². The van der Waals surface area contributed by atoms with Gasteiger partial charge >= 0.3 is 6.18 Å². The molecule has 0 atom stereocenters. The molecule has 1 aliphatic carbocycles. The van der Waals surface area contributed by atoms with Crippen molar-refractivity contribution < 1.29 is 31.9 Å². The van der Waals surface area contributed by atoms with Crippen LogP contribution in [0, 0.1) is 11.7 Å². The molecule has 0 spiro atoms. The molecular weight excluding hydrogens is 394 g/mol. The van der Waals surface area contributed by atoms with E-state index in [-0.39, 0.29) is 54.4 Å². The van der Waals surface area contributed by atoms with Crippen LogP contribution in [0.15, 0.2) is 30.5 Å². The zero-order chi connectivity index (χ0) is 21.0. The largest absolute Gasteiger partial charge is 0.491 e. The van der Waals surface area contributed by atoms with Crippen molar-refractivity contribution in [1.82, 2.24) is 9.97 Å². The Balaban J connectivity index is 1.48. The molecule has 10 heteroatoms. The smallest absolute Gasteiger partial charge is 0.416 e. The van der Waals surface area contributed by atoms with Crippen LogP contribution in [0.25, 0.3) is 0 Å². The maximum atomic E-state index is 13.7. The van der Waals surface area contributed by atoms with Crippen LogP contribution in [0.3, 0.4) is 0 Å². The number of Topliss-reactive ketones (excluding diaryl/α,β-unsaturated/α-hetero) is 1. The second kappa shape index (κ2) is 8.54. The van der Waals surface area contributed by atoms with Crippen molar-refractivity contribution in [3.05, 3.63) is 47.5 Å². The number of hydrogen-bond acceptors (Lipinski definition) is 5. The summed E-state index contributed by atoms with van der Waals surface area (Å²) in [6.07, 6.45) is -1.41. The van der Waals surface area contributed by atoms with Gasteiger partial charge < -0.3 is 4.74 Å². The van der Waals surface area contributed by atoms with Crippen molar-refractivity contribution in [3.63, 3.8) is 0 Å². The fraction of sp³-hybridized carbons (Fsp3) is 0.368. The molecule has 0 bridgehead atoms. The summed E-state index contributed by atoms with van der Waals surface area (Å²) >= 11 is 0. The minimum absolute atomic E-state index is 0.0231. The molecule has 1 saturated carbocycles. The third-order valence-electron chi connectivity index (χ3n) is 4.19. The van der Waals surface area contributed by atoms with Gasteiger partial charge in [-0.2, -0.15) is 13.2 Å². The summed E-state index contributed by atoms with van der Waals surface area (Å²) in [4.78, 5) is 31.8. The number of aromatic nitrogens is 2. The SMILES string of the molecule is O=C(CCCOc1ccc(C(F)(F)F)cc1F)c1ccnc(NC(=O)C2CC2)n1. The molecule has 0 unspecified atom stereocenters. The van der Waals surface area contributed by atoms with Crippen molar-refractivity contribution in [2.75, 3.05) is 11.9 Å². The molecule has 1 N–H and O–H groups in total. The molecule has 1 amide bonds. The summed E-state index contributed by atoms with van der Waals surface area (Å²) in [5.74, 6) is -1.93. The quantitative estimate of drug-likeness (QED) is 0.403. The van der Waals surface area contributed by atoms with E-state index in [9.17, 15) is 27.2 Å². The van der Waals surface area contributed by atoms with Gasteiger partial charge in [-0.1, -0.05) is 0 Å². The molecule has 0 radical (unpaired) electrons. The highest BCUT2D eigenvalue weighted by Crippen LogP contribution is 2.32. The Morgan fingerprint density at radius 1 is 1.21 bits per heavy atom. The van der Waals surface area contributed by atoms with Crippen LogP contribution in [0.2, 0.25) is 0 Å². The van der Waals surface area contributed by atoms with E-state index < -0.39 is 17.6 Å². The molecule has 2 aromatic rings. The Hall–Kier alpha value is -3.04. The number of carbonyl (C=O) groups excluding carboxylic acids is 2. The fourth-order valence-corrected chi connectivity index (χ4v) is 2.47. The van der Waals surface area contributed by atoms with E-state index in [1.165, 1.54) is 12.3 Å². The summed E-state index contributed by atoms with van der Waals surface area (Å²) in [5.41, 5.74) is -0.988. The summed E-state index contributed by atoms with van der Waals surface area (Å²) in [7, 11) is 0. The Morgan fingerprint density at radius 2 is 1.97 bits per heavy atom. The lowest BCUT2D eigenvalue weighted by molar-refractivity contribution is -0.137. The van der Waals surface area contributed by atoms with Crippen LogP contribution in [0.4, 0.5) is 23.5 Å². The van der Waals surface area contributed by atoms with Crippen LogP contribution < -0.4 is 10.1 Å². The topological polar surface area (TPSA) is 81.2 Å². The first-order valence-corrected chi connectivity index (χ1v) is 8.90. The Kier molecular flexibility index (Phi) is 6.09. The van der Waals surface area contributed by atoms with Crippen molar-refractivity contribution in [2.24, 2.45) is 5.92 Å². The van der Waals surface area contributed by atoms with Crippen molar-refractivity contribution in [3.8, 4) is 5.75 Å². The lowest BCUT2D eigenvalue weighted by Crippen LogP contribution is -2.16. The maximum absolute atomic E-state index is 13.7. The first-order valence-electron chi connectivity index (χ1n) is 8.90. The van der Waals surface area contributed by atoms with Gasteiger partial charge in [-0.15, -0.1) is 0 Å². The molecular formula is C19H17F4N3O3. The first-order chi connectivity index (χ1) is 13.7. The first kappa shape index (κ1) is 20.7. The molecule has 3 rings (SSSR count). The minimum Gasteiger partial charge on any atom is -0.491 e. The van der Waals surface area contributed by atoms with Gasteiger partial charge in [-0.3, -0.25) is 14.9 Å². The highest BCUT2D eigenvalue weighted by molar-refractivity contribution is 5.95. The third kappa shape index (κ3) is 5.72. The number of nitrogens with zero attached hydrogens (tertiary/aromatic N) is 2. The molecule has 6 nitrogen and oxygen atoms in total. The molecule has 1 fully saturated rings. The van der Waals surface area contributed by atoms with Crippen molar-refractivity contribution in [1.29, 1.82) is 0 Å². The third-order valence-corrected chi connectivity index (χ3v) is 4.19. The van der Waals surface area contributed by atoms with Gasteiger partial charge in [0.2, 0.25) is 11.9 Å². The molecule has 154 valence electrons. The number of nitrogens with one attached hydrogen (secondary N) is 1. The number of rotatable bonds is 8. The Labute approximate surface area is 163 Å². The zero-order valence-electron chi connectivity index (χ0n) is 15.1. The summed E-state index contributed by atoms with van der Waals surface area (Å²) in [6.45, 7) is -0.0651. The van der Waals surface area contributed by atoms with Crippen molar-refractivity contribution in [2.45, 2.75) is 31.9 Å². The average molecular weight is 411 g/mol. The van der Waals surface area contributed by atoms with E-state index in [1.807, 2.05) is 0 Å². The van der Waals surface area contributed by atoms with Crippen LogP contribution in [0.5, 0.6) is 5.75 Å². The van der Waals surface area contributed by atoms with Gasteiger partial charge in [-0.25, -0.2) is 14.4 Å². The average Bonchev–Trinajstić information content (AvgIpc) is 3.51. The fourth-order valence-electron chi connectivity index (χ4n) is 2.47. The van der Waals surface area contributed by atoms with Gasteiger partial charge in [-0.05, 0) is 43.5 Å². The summed E-state index contributed by atoms with van der Waals surface area (Å²) < 4.78 is 56.4. The van der Waals surface area contributed by atoms with Crippen LogP contribution in [-0.2, 0) is 11.0 Å². The lowest BCUT2D eigenvalue weighted by atomic mass is 10.1. The number of carbonyl (C=O) groups is 2. The molecule has 0 saturated heterocycles. The minimum atomic E-state index is -4.64. The normalized spacial score (nSPS) is 13.8. The maximum Gasteiger partial charge on any atom is 0.416 e. The number of anilines is 1. The van der Waals surface area contributed by atoms with Crippen LogP contribution in [-0.4, -0.2) is 28.3 Å². The number of amides is 1. The number of hydrogen-bond donors (Lipinski definition) is 1. The number of alkyl halides is 3. The number of halogens is 4. The van der Waals surface area contributed by atoms with Gasteiger partial charge in [0.05, 0.1) is 12.2 Å². The number of benzene rings is 1. The molecule has 1 aromatic heterocycles. The molecule has 1 aromatic carbocycles. The standard InChI is InChI=1S/C19H17F4N3O3/c20-13-10-12(19(21,22)23)5-6-16(13)29-9-1-2-15(27)14-7-8-24-18(25-14)26-17(28)11-3-4-11/h5-8,10-11H,1-4,9H2,(H,24,25,26,28). The van der Waals surface area contributed by atoms with E-state index in [0.717, 1.165) is 25.0 Å². The number of ketones is 1. The zero-order valence-corrected chi connectivity index (χ0v) is 15.1. The van der Waals surface area contributed by atoms with E-state index in [2.05, 4.69) is 15.3 Å². The predicted molar refractivity (Wildman–Crippen MR) is 93.8 cm³/mol. The number of ether oxygens (including phenoxy) is 1. The van der Waals surface area contributed by atoms with E-state index in [0.29, 0.717) is 6.07 Å². The van der Waals surface area contributed by atoms with Crippen LogP contribution >= 0.6 is 0 Å². The van der Waals surface area contributed by atoms with Gasteiger partial charge in [0.25, 0.3) is 0 Å².